The summed E-state index contributed by atoms with van der Waals surface area (Å²) in [6, 6.07) is 16.0. The van der Waals surface area contributed by atoms with Crippen molar-refractivity contribution in [3.05, 3.63) is 71.9 Å². The fourth-order valence-electron chi connectivity index (χ4n) is 3.38. The van der Waals surface area contributed by atoms with Gasteiger partial charge >= 0.3 is 0 Å². The van der Waals surface area contributed by atoms with Gasteiger partial charge in [-0.15, -0.1) is 0 Å². The molecule has 0 unspecified atom stereocenters. The van der Waals surface area contributed by atoms with Crippen molar-refractivity contribution in [3.63, 3.8) is 0 Å². The number of pyridine rings is 1. The molecule has 1 fully saturated rings. The predicted molar refractivity (Wildman–Crippen MR) is 108 cm³/mol. The highest BCUT2D eigenvalue weighted by molar-refractivity contribution is 7.89. The van der Waals surface area contributed by atoms with Gasteiger partial charge < -0.3 is 4.90 Å². The third kappa shape index (κ3) is 3.50. The Hall–Kier alpha value is -2.77. The van der Waals surface area contributed by atoms with Crippen molar-refractivity contribution < 1.29 is 13.2 Å². The van der Waals surface area contributed by atoms with Crippen LogP contribution in [0.15, 0.2) is 65.7 Å². The van der Waals surface area contributed by atoms with Gasteiger partial charge in [0.15, 0.2) is 0 Å². The topological polar surface area (TPSA) is 70.6 Å². The highest BCUT2D eigenvalue weighted by Gasteiger charge is 2.30. The number of carbonyl (C=O) groups excluding carboxylic acids is 1. The molecule has 1 aromatic heterocycles. The molecule has 0 N–H and O–H groups in total. The SMILES string of the molecule is Cc1ccc(S(=O)(=O)N2CCN(C(=O)c3ccc4ncccc4c3)CC2)cc1. The van der Waals surface area contributed by atoms with Crippen LogP contribution in [0, 0.1) is 6.92 Å². The first kappa shape index (κ1) is 18.6. The second kappa shape index (κ2) is 7.33. The molecule has 7 heteroatoms. The summed E-state index contributed by atoms with van der Waals surface area (Å²) in [7, 11) is -3.53. The van der Waals surface area contributed by atoms with Crippen LogP contribution in [0.2, 0.25) is 0 Å². The monoisotopic (exact) mass is 395 g/mol. The van der Waals surface area contributed by atoms with E-state index in [1.54, 1.807) is 41.4 Å². The lowest BCUT2D eigenvalue weighted by atomic mass is 10.1. The number of fused-ring (bicyclic) bond motifs is 1. The molecule has 1 aliphatic heterocycles. The molecular formula is C21H21N3O3S. The molecule has 144 valence electrons. The summed E-state index contributed by atoms with van der Waals surface area (Å²) in [5.41, 5.74) is 2.45. The average molecular weight is 395 g/mol. The maximum atomic E-state index is 12.8. The summed E-state index contributed by atoms with van der Waals surface area (Å²) in [6.07, 6.45) is 1.72. The smallest absolute Gasteiger partial charge is 0.253 e. The first-order chi connectivity index (χ1) is 13.4. The summed E-state index contributed by atoms with van der Waals surface area (Å²) in [5.74, 6) is -0.0851. The molecule has 1 saturated heterocycles. The Kier molecular flexibility index (Phi) is 4.87. The van der Waals surface area contributed by atoms with Gasteiger partial charge in [-0.3, -0.25) is 9.78 Å². The van der Waals surface area contributed by atoms with E-state index in [0.717, 1.165) is 16.5 Å². The third-order valence-corrected chi connectivity index (χ3v) is 6.95. The van der Waals surface area contributed by atoms with Gasteiger partial charge in [-0.1, -0.05) is 23.8 Å². The van der Waals surface area contributed by atoms with Crippen LogP contribution in [0.5, 0.6) is 0 Å². The quantitative estimate of drug-likeness (QED) is 0.684. The van der Waals surface area contributed by atoms with E-state index < -0.39 is 10.0 Å². The van der Waals surface area contributed by atoms with E-state index in [4.69, 9.17) is 0 Å². The highest BCUT2D eigenvalue weighted by atomic mass is 32.2. The van der Waals surface area contributed by atoms with Crippen molar-refractivity contribution in [2.45, 2.75) is 11.8 Å². The maximum absolute atomic E-state index is 12.8. The van der Waals surface area contributed by atoms with Crippen LogP contribution in [0.3, 0.4) is 0 Å². The Balaban J connectivity index is 1.47. The van der Waals surface area contributed by atoms with Gasteiger partial charge in [-0.05, 0) is 43.3 Å². The number of aromatic nitrogens is 1. The van der Waals surface area contributed by atoms with Crippen LogP contribution < -0.4 is 0 Å². The molecule has 1 aliphatic rings. The lowest BCUT2D eigenvalue weighted by Crippen LogP contribution is -2.50. The lowest BCUT2D eigenvalue weighted by molar-refractivity contribution is 0.0698. The molecule has 4 rings (SSSR count). The number of piperazine rings is 1. The van der Waals surface area contributed by atoms with Crippen molar-refractivity contribution >= 4 is 26.8 Å². The van der Waals surface area contributed by atoms with E-state index in [0.29, 0.717) is 23.5 Å². The Bertz CT molecular complexity index is 1120. The molecule has 0 atom stereocenters. The van der Waals surface area contributed by atoms with Crippen molar-refractivity contribution in [2.24, 2.45) is 0 Å². The first-order valence-electron chi connectivity index (χ1n) is 9.16. The van der Waals surface area contributed by atoms with Crippen LogP contribution in [-0.4, -0.2) is 54.7 Å². The molecular weight excluding hydrogens is 374 g/mol. The Morgan fingerprint density at radius 2 is 1.68 bits per heavy atom. The fraction of sp³-hybridized carbons (Fsp3) is 0.238. The molecule has 28 heavy (non-hydrogen) atoms. The fourth-order valence-corrected chi connectivity index (χ4v) is 4.80. The summed E-state index contributed by atoms with van der Waals surface area (Å²) < 4.78 is 27.1. The van der Waals surface area contributed by atoms with Gasteiger partial charge in [0.05, 0.1) is 10.4 Å². The molecule has 0 radical (unpaired) electrons. The standard InChI is InChI=1S/C21H21N3O3S/c1-16-4-7-19(8-5-16)28(26,27)24-13-11-23(12-14-24)21(25)18-6-9-20-17(15-18)3-2-10-22-20/h2-10,15H,11-14H2,1H3. The van der Waals surface area contributed by atoms with Crippen LogP contribution in [0.25, 0.3) is 10.9 Å². The Labute approximate surface area is 164 Å². The van der Waals surface area contributed by atoms with Gasteiger partial charge in [-0.2, -0.15) is 4.31 Å². The minimum absolute atomic E-state index is 0.0851. The molecule has 3 aromatic rings. The van der Waals surface area contributed by atoms with Gasteiger partial charge in [0.25, 0.3) is 5.91 Å². The zero-order chi connectivity index (χ0) is 19.7. The van der Waals surface area contributed by atoms with Crippen LogP contribution in [0.4, 0.5) is 0 Å². The van der Waals surface area contributed by atoms with Gasteiger partial charge in [0.2, 0.25) is 10.0 Å². The summed E-state index contributed by atoms with van der Waals surface area (Å²) in [6.45, 7) is 3.24. The number of carbonyl (C=O) groups is 1. The number of benzene rings is 2. The molecule has 2 heterocycles. The van der Waals surface area contributed by atoms with Gasteiger partial charge in [0, 0.05) is 43.3 Å². The molecule has 0 bridgehead atoms. The largest absolute Gasteiger partial charge is 0.336 e. The minimum Gasteiger partial charge on any atom is -0.336 e. The van der Waals surface area contributed by atoms with Crippen molar-refractivity contribution in [2.75, 3.05) is 26.2 Å². The zero-order valence-electron chi connectivity index (χ0n) is 15.6. The Morgan fingerprint density at radius 1 is 0.964 bits per heavy atom. The molecule has 0 saturated carbocycles. The molecule has 0 aliphatic carbocycles. The van der Waals surface area contributed by atoms with Gasteiger partial charge in [-0.25, -0.2) is 8.42 Å². The van der Waals surface area contributed by atoms with E-state index in [-0.39, 0.29) is 19.0 Å². The van der Waals surface area contributed by atoms with Gasteiger partial charge in [0.1, 0.15) is 0 Å². The second-order valence-corrected chi connectivity index (χ2v) is 8.86. The van der Waals surface area contributed by atoms with Crippen LogP contribution in [-0.2, 0) is 10.0 Å². The first-order valence-corrected chi connectivity index (χ1v) is 10.6. The molecule has 6 nitrogen and oxygen atoms in total. The number of hydrogen-bond donors (Lipinski definition) is 0. The Morgan fingerprint density at radius 3 is 2.39 bits per heavy atom. The average Bonchev–Trinajstić information content (AvgIpc) is 2.73. The number of rotatable bonds is 3. The number of amides is 1. The predicted octanol–water partition coefficient (Wildman–Crippen LogP) is 2.69. The number of aryl methyl sites for hydroxylation is 1. The van der Waals surface area contributed by atoms with E-state index in [1.807, 2.05) is 31.2 Å². The zero-order valence-corrected chi connectivity index (χ0v) is 16.4. The number of sulfonamides is 1. The molecule has 0 spiro atoms. The highest BCUT2D eigenvalue weighted by Crippen LogP contribution is 2.20. The molecule has 1 amide bonds. The summed E-state index contributed by atoms with van der Waals surface area (Å²) in [4.78, 5) is 19.1. The van der Waals surface area contributed by atoms with Crippen molar-refractivity contribution in [3.8, 4) is 0 Å². The lowest BCUT2D eigenvalue weighted by Gasteiger charge is -2.34. The molecule has 2 aromatic carbocycles. The third-order valence-electron chi connectivity index (χ3n) is 5.03. The minimum atomic E-state index is -3.53. The van der Waals surface area contributed by atoms with E-state index >= 15 is 0 Å². The van der Waals surface area contributed by atoms with Crippen LogP contribution >= 0.6 is 0 Å². The summed E-state index contributed by atoms with van der Waals surface area (Å²) >= 11 is 0. The van der Waals surface area contributed by atoms with Crippen LogP contribution in [0.1, 0.15) is 15.9 Å². The normalized spacial score (nSPS) is 15.7. The number of nitrogens with zero attached hydrogens (tertiary/aromatic N) is 3. The second-order valence-electron chi connectivity index (χ2n) is 6.92. The van der Waals surface area contributed by atoms with E-state index in [9.17, 15) is 13.2 Å². The van der Waals surface area contributed by atoms with Crippen molar-refractivity contribution in [1.82, 2.24) is 14.2 Å². The van der Waals surface area contributed by atoms with E-state index in [1.165, 1.54) is 4.31 Å². The van der Waals surface area contributed by atoms with Crippen molar-refractivity contribution in [1.29, 1.82) is 0 Å². The summed E-state index contributed by atoms with van der Waals surface area (Å²) in [5, 5.41) is 0.911. The maximum Gasteiger partial charge on any atom is 0.253 e. The number of hydrogen-bond acceptors (Lipinski definition) is 4. The van der Waals surface area contributed by atoms with E-state index in [2.05, 4.69) is 4.98 Å².